The van der Waals surface area contributed by atoms with Crippen LogP contribution in [0.3, 0.4) is 0 Å². The molecule has 1 aromatic heterocycles. The van der Waals surface area contributed by atoms with Gasteiger partial charge in [-0.05, 0) is 36.6 Å². The molecule has 3 aromatic carbocycles. The molecule has 8 heteroatoms. The van der Waals surface area contributed by atoms with Crippen LogP contribution in [0.1, 0.15) is 29.8 Å². The lowest BCUT2D eigenvalue weighted by Crippen LogP contribution is -2.17. The van der Waals surface area contributed by atoms with E-state index in [1.54, 1.807) is 33.1 Å². The topological polar surface area (TPSA) is 111 Å². The second-order valence-corrected chi connectivity index (χ2v) is 8.23. The lowest BCUT2D eigenvalue weighted by molar-refractivity contribution is -0.136. The lowest BCUT2D eigenvalue weighted by atomic mass is 10.0. The fourth-order valence-corrected chi connectivity index (χ4v) is 3.88. The zero-order chi connectivity index (χ0) is 25.7. The second-order valence-electron chi connectivity index (χ2n) is 8.23. The van der Waals surface area contributed by atoms with Crippen molar-refractivity contribution in [3.05, 3.63) is 89.6 Å². The molecule has 0 saturated carbocycles. The summed E-state index contributed by atoms with van der Waals surface area (Å²) in [7, 11) is 1.57. The van der Waals surface area contributed by atoms with Crippen molar-refractivity contribution < 1.29 is 28.7 Å². The normalized spacial score (nSPS) is 11.5. The summed E-state index contributed by atoms with van der Waals surface area (Å²) in [6.45, 7) is 3.51. The summed E-state index contributed by atoms with van der Waals surface area (Å²) < 4.78 is 16.4. The van der Waals surface area contributed by atoms with E-state index in [1.165, 1.54) is 0 Å². The highest BCUT2D eigenvalue weighted by Crippen LogP contribution is 2.33. The number of hydrogen-bond donors (Lipinski definition) is 2. The molecular formula is C28H26N2O6. The number of carboxylic acids is 1. The number of methoxy groups -OCH3 is 1. The third-order valence-corrected chi connectivity index (χ3v) is 5.74. The highest BCUT2D eigenvalue weighted by atomic mass is 16.6. The van der Waals surface area contributed by atoms with Crippen molar-refractivity contribution in [3.63, 3.8) is 0 Å². The molecule has 0 radical (unpaired) electrons. The fraction of sp³-hybridized carbons (Fsp3) is 0.179. The number of nitrogens with zero attached hydrogens (tertiary/aromatic N) is 1. The zero-order valence-corrected chi connectivity index (χ0v) is 20.1. The molecule has 1 atom stereocenters. The Morgan fingerprint density at radius 1 is 0.972 bits per heavy atom. The first-order valence-electron chi connectivity index (χ1n) is 11.3. The molecule has 2 N–H and O–H groups in total. The molecular weight excluding hydrogens is 460 g/mol. The molecule has 0 bridgehead atoms. The molecule has 36 heavy (non-hydrogen) atoms. The van der Waals surface area contributed by atoms with Crippen LogP contribution in [0.4, 0.5) is 10.5 Å². The van der Waals surface area contributed by atoms with Gasteiger partial charge in [0.25, 0.3) is 0 Å². The Hall–Kier alpha value is -4.59. The molecule has 0 spiro atoms. The summed E-state index contributed by atoms with van der Waals surface area (Å²) >= 11 is 0. The molecule has 1 heterocycles. The van der Waals surface area contributed by atoms with E-state index in [1.807, 2.05) is 60.7 Å². The van der Waals surface area contributed by atoms with Crippen LogP contribution in [0.15, 0.2) is 77.3 Å². The number of amides is 1. The quantitative estimate of drug-likeness (QED) is 0.302. The number of carbonyl (C=O) groups excluding carboxylic acids is 1. The number of hydrogen-bond acceptors (Lipinski definition) is 6. The zero-order valence-electron chi connectivity index (χ0n) is 20.1. The van der Waals surface area contributed by atoms with Crippen LogP contribution in [-0.4, -0.2) is 29.4 Å². The predicted molar refractivity (Wildman–Crippen MR) is 135 cm³/mol. The van der Waals surface area contributed by atoms with Crippen molar-refractivity contribution in [1.82, 2.24) is 5.16 Å². The first-order valence-corrected chi connectivity index (χ1v) is 11.3. The fourth-order valence-electron chi connectivity index (χ4n) is 3.88. The summed E-state index contributed by atoms with van der Waals surface area (Å²) in [5.41, 5.74) is 5.08. The van der Waals surface area contributed by atoms with Gasteiger partial charge in [-0.3, -0.25) is 10.1 Å². The average Bonchev–Trinajstić information content (AvgIpc) is 3.23. The van der Waals surface area contributed by atoms with Gasteiger partial charge in [0, 0.05) is 11.1 Å². The number of nitrogens with one attached hydrogen (secondary N) is 1. The Labute approximate surface area is 208 Å². The van der Waals surface area contributed by atoms with E-state index < -0.39 is 18.2 Å². The van der Waals surface area contributed by atoms with Gasteiger partial charge in [0.15, 0.2) is 5.76 Å². The smallest absolute Gasteiger partial charge is 0.412 e. The van der Waals surface area contributed by atoms with Crippen molar-refractivity contribution in [2.45, 2.75) is 26.4 Å². The molecule has 4 aromatic rings. The summed E-state index contributed by atoms with van der Waals surface area (Å²) in [6.07, 6.45) is -1.19. The monoisotopic (exact) mass is 486 g/mol. The van der Waals surface area contributed by atoms with E-state index in [9.17, 15) is 9.59 Å². The number of rotatable bonds is 8. The standard InChI is InChI=1S/C28H26N2O6/c1-17-26(29-28(33)35-18(2)23-6-4-5-7-24(23)34-3)27(36-30-17)22-14-12-21(13-15-22)20-10-8-19(9-11-20)16-25(31)32/h4-15,18H,16H2,1-3H3,(H,29,33)(H,31,32). The maximum Gasteiger partial charge on any atom is 0.412 e. The van der Waals surface area contributed by atoms with E-state index in [0.717, 1.165) is 27.8 Å². The third-order valence-electron chi connectivity index (χ3n) is 5.74. The van der Waals surface area contributed by atoms with Gasteiger partial charge in [0.2, 0.25) is 0 Å². The number of benzene rings is 3. The molecule has 1 amide bonds. The number of aliphatic carboxylic acids is 1. The maximum absolute atomic E-state index is 12.7. The molecule has 4 rings (SSSR count). The molecule has 184 valence electrons. The van der Waals surface area contributed by atoms with Crippen molar-refractivity contribution in [3.8, 4) is 28.2 Å². The first-order chi connectivity index (χ1) is 17.4. The minimum atomic E-state index is -0.864. The van der Waals surface area contributed by atoms with Gasteiger partial charge in [0.05, 0.1) is 13.5 Å². The van der Waals surface area contributed by atoms with E-state index in [4.69, 9.17) is 19.1 Å². The number of ether oxygens (including phenoxy) is 2. The largest absolute Gasteiger partial charge is 0.496 e. The van der Waals surface area contributed by atoms with Gasteiger partial charge in [-0.15, -0.1) is 0 Å². The minimum Gasteiger partial charge on any atom is -0.496 e. The van der Waals surface area contributed by atoms with Crippen LogP contribution >= 0.6 is 0 Å². The van der Waals surface area contributed by atoms with E-state index in [0.29, 0.717) is 22.9 Å². The Morgan fingerprint density at radius 2 is 1.58 bits per heavy atom. The van der Waals surface area contributed by atoms with Crippen molar-refractivity contribution >= 4 is 17.7 Å². The lowest BCUT2D eigenvalue weighted by Gasteiger charge is -2.17. The summed E-state index contributed by atoms with van der Waals surface area (Å²) in [6, 6.07) is 22.3. The van der Waals surface area contributed by atoms with Crippen LogP contribution in [0.25, 0.3) is 22.5 Å². The van der Waals surface area contributed by atoms with Crippen LogP contribution in [-0.2, 0) is 16.0 Å². The minimum absolute atomic E-state index is 0.0139. The van der Waals surface area contributed by atoms with Gasteiger partial charge >= 0.3 is 12.1 Å². The number of para-hydroxylation sites is 1. The van der Waals surface area contributed by atoms with Gasteiger partial charge in [-0.1, -0.05) is 71.9 Å². The second kappa shape index (κ2) is 10.8. The Morgan fingerprint density at radius 3 is 2.22 bits per heavy atom. The van der Waals surface area contributed by atoms with Crippen molar-refractivity contribution in [1.29, 1.82) is 0 Å². The number of carboxylic acid groups (broad SMARTS) is 1. The van der Waals surface area contributed by atoms with E-state index >= 15 is 0 Å². The van der Waals surface area contributed by atoms with Crippen molar-refractivity contribution in [2.75, 3.05) is 12.4 Å². The maximum atomic E-state index is 12.7. The SMILES string of the molecule is COc1ccccc1C(C)OC(=O)Nc1c(C)noc1-c1ccc(-c2ccc(CC(=O)O)cc2)cc1. The van der Waals surface area contributed by atoms with Gasteiger partial charge in [-0.25, -0.2) is 4.79 Å². The van der Waals surface area contributed by atoms with Crippen LogP contribution in [0, 0.1) is 6.92 Å². The Balaban J connectivity index is 1.48. The van der Waals surface area contributed by atoms with Gasteiger partial charge < -0.3 is 19.1 Å². The number of aromatic nitrogens is 1. The van der Waals surface area contributed by atoms with E-state index in [-0.39, 0.29) is 6.42 Å². The number of carbonyl (C=O) groups is 2. The summed E-state index contributed by atoms with van der Waals surface area (Å²) in [5.74, 6) is 0.186. The molecule has 0 aliphatic carbocycles. The van der Waals surface area contributed by atoms with E-state index in [2.05, 4.69) is 10.5 Å². The third kappa shape index (κ3) is 5.55. The molecule has 0 fully saturated rings. The van der Waals surface area contributed by atoms with Gasteiger partial charge in [-0.2, -0.15) is 0 Å². The van der Waals surface area contributed by atoms with Crippen LogP contribution in [0.2, 0.25) is 0 Å². The van der Waals surface area contributed by atoms with Crippen molar-refractivity contribution in [2.24, 2.45) is 0 Å². The highest BCUT2D eigenvalue weighted by molar-refractivity contribution is 5.91. The van der Waals surface area contributed by atoms with Crippen LogP contribution in [0.5, 0.6) is 5.75 Å². The van der Waals surface area contributed by atoms with Crippen LogP contribution < -0.4 is 10.1 Å². The van der Waals surface area contributed by atoms with Gasteiger partial charge in [0.1, 0.15) is 23.2 Å². The molecule has 0 aliphatic rings. The molecule has 0 saturated heterocycles. The average molecular weight is 487 g/mol. The number of aryl methyl sites for hydroxylation is 1. The number of anilines is 1. The first kappa shape index (κ1) is 24.5. The Bertz CT molecular complexity index is 1360. The highest BCUT2D eigenvalue weighted by Gasteiger charge is 2.21. The molecule has 8 nitrogen and oxygen atoms in total. The summed E-state index contributed by atoms with van der Waals surface area (Å²) in [4.78, 5) is 23.6. The summed E-state index contributed by atoms with van der Waals surface area (Å²) in [5, 5.41) is 15.7. The molecule has 0 aliphatic heterocycles. The Kier molecular flexibility index (Phi) is 7.34. The molecule has 1 unspecified atom stereocenters. The predicted octanol–water partition coefficient (Wildman–Crippen LogP) is 6.26.